The number of rotatable bonds is 5. The van der Waals surface area contributed by atoms with Crippen LogP contribution in [0.5, 0.6) is 0 Å². The van der Waals surface area contributed by atoms with E-state index >= 15 is 0 Å². The molecule has 148 valence electrons. The van der Waals surface area contributed by atoms with Gasteiger partial charge in [0.15, 0.2) is 0 Å². The van der Waals surface area contributed by atoms with Gasteiger partial charge in [0.05, 0.1) is 4.90 Å². The zero-order valence-electron chi connectivity index (χ0n) is 16.0. The summed E-state index contributed by atoms with van der Waals surface area (Å²) in [7, 11) is -3.52. The van der Waals surface area contributed by atoms with Gasteiger partial charge in [-0.15, -0.1) is 0 Å². The normalized spacial score (nSPS) is 23.8. The first-order chi connectivity index (χ1) is 13.3. The van der Waals surface area contributed by atoms with Crippen LogP contribution in [0.3, 0.4) is 0 Å². The van der Waals surface area contributed by atoms with Gasteiger partial charge in [-0.25, -0.2) is 13.1 Å². The van der Waals surface area contributed by atoms with Crippen LogP contribution in [-0.4, -0.2) is 21.0 Å². The molecule has 4 nitrogen and oxygen atoms in total. The predicted molar refractivity (Wildman–Crippen MR) is 117 cm³/mol. The summed E-state index contributed by atoms with van der Waals surface area (Å²) < 4.78 is 29.2. The molecule has 0 aromatic heterocycles. The first-order valence-electron chi connectivity index (χ1n) is 9.64. The summed E-state index contributed by atoms with van der Waals surface area (Å²) in [6, 6.07) is 13.5. The topological polar surface area (TPSA) is 58.2 Å². The molecule has 0 amide bonds. The Kier molecular flexibility index (Phi) is 5.14. The van der Waals surface area contributed by atoms with Crippen LogP contribution < -0.4 is 10.0 Å². The van der Waals surface area contributed by atoms with Crippen LogP contribution in [0.25, 0.3) is 0 Å². The van der Waals surface area contributed by atoms with Crippen molar-refractivity contribution >= 4 is 31.6 Å². The molecule has 0 bridgehead atoms. The zero-order valence-corrected chi connectivity index (χ0v) is 18.4. The molecule has 1 aliphatic carbocycles. The van der Waals surface area contributed by atoms with Gasteiger partial charge in [0.2, 0.25) is 10.0 Å². The molecule has 28 heavy (non-hydrogen) atoms. The Morgan fingerprint density at radius 2 is 2.00 bits per heavy atom. The number of aryl methyl sites for hydroxylation is 1. The van der Waals surface area contributed by atoms with Crippen LogP contribution in [0.2, 0.25) is 0 Å². The molecule has 0 radical (unpaired) electrons. The van der Waals surface area contributed by atoms with Gasteiger partial charge in [-0.1, -0.05) is 45.8 Å². The number of halogens is 1. The van der Waals surface area contributed by atoms with Gasteiger partial charge in [0.25, 0.3) is 0 Å². The number of hydrogen-bond acceptors (Lipinski definition) is 3. The van der Waals surface area contributed by atoms with Gasteiger partial charge >= 0.3 is 0 Å². The van der Waals surface area contributed by atoms with Gasteiger partial charge in [-0.2, -0.15) is 0 Å². The summed E-state index contributed by atoms with van der Waals surface area (Å²) >= 11 is 3.59. The minimum absolute atomic E-state index is 0.229. The first-order valence-corrected chi connectivity index (χ1v) is 11.9. The number of sulfonamides is 1. The fourth-order valence-electron chi connectivity index (χ4n) is 4.68. The van der Waals surface area contributed by atoms with Gasteiger partial charge < -0.3 is 5.32 Å². The van der Waals surface area contributed by atoms with E-state index in [-0.39, 0.29) is 11.5 Å². The molecule has 0 spiro atoms. The molecule has 2 aliphatic rings. The third-order valence-corrected chi connectivity index (χ3v) is 8.10. The van der Waals surface area contributed by atoms with E-state index in [1.807, 2.05) is 25.1 Å². The predicted octanol–water partition coefficient (Wildman–Crippen LogP) is 4.90. The molecule has 6 heteroatoms. The number of anilines is 1. The summed E-state index contributed by atoms with van der Waals surface area (Å²) in [5.74, 6) is 0. The Balaban J connectivity index is 1.59. The van der Waals surface area contributed by atoms with E-state index in [1.54, 1.807) is 12.1 Å². The van der Waals surface area contributed by atoms with Crippen LogP contribution in [0.4, 0.5) is 5.69 Å². The minimum Gasteiger partial charge on any atom is -0.381 e. The van der Waals surface area contributed by atoms with Crippen molar-refractivity contribution in [1.29, 1.82) is 0 Å². The maximum absolute atomic E-state index is 12.7. The maximum atomic E-state index is 12.7. The molecule has 2 aromatic carbocycles. The largest absolute Gasteiger partial charge is 0.381 e. The summed E-state index contributed by atoms with van der Waals surface area (Å²) in [5, 5.41) is 3.66. The summed E-state index contributed by atoms with van der Waals surface area (Å²) in [5.41, 5.74) is 4.37. The highest BCUT2D eigenvalue weighted by Crippen LogP contribution is 2.53. The fourth-order valence-corrected chi connectivity index (χ4v) is 6.07. The van der Waals surface area contributed by atoms with Crippen molar-refractivity contribution in [3.05, 3.63) is 70.2 Å². The molecule has 1 heterocycles. The molecule has 0 saturated heterocycles. The van der Waals surface area contributed by atoms with E-state index in [0.717, 1.165) is 35.0 Å². The molecule has 0 unspecified atom stereocenters. The van der Waals surface area contributed by atoms with Crippen molar-refractivity contribution in [2.24, 2.45) is 0 Å². The minimum atomic E-state index is -3.52. The highest BCUT2D eigenvalue weighted by Gasteiger charge is 2.49. The molecule has 4 rings (SSSR count). The van der Waals surface area contributed by atoms with Gasteiger partial charge in [0, 0.05) is 28.2 Å². The summed E-state index contributed by atoms with van der Waals surface area (Å²) in [4.78, 5) is 0.308. The number of benzene rings is 2. The van der Waals surface area contributed by atoms with E-state index in [0.29, 0.717) is 17.9 Å². The molecular formula is C22H25BrN2O2S. The lowest BCUT2D eigenvalue weighted by molar-refractivity contribution is 0.344. The van der Waals surface area contributed by atoms with E-state index in [2.05, 4.69) is 44.7 Å². The van der Waals surface area contributed by atoms with Crippen LogP contribution in [0.1, 0.15) is 36.8 Å². The SMILES string of the molecule is C=C1CCC[C@@H]2Nc3ccc(Br)cc3[C@]12CCNS(=O)(=O)c1ccc(C)cc1. The monoisotopic (exact) mass is 460 g/mol. The third-order valence-electron chi connectivity index (χ3n) is 6.13. The number of fused-ring (bicyclic) bond motifs is 3. The Morgan fingerprint density at radius 3 is 2.75 bits per heavy atom. The van der Waals surface area contributed by atoms with Crippen LogP contribution in [0.15, 0.2) is 64.0 Å². The molecule has 2 aromatic rings. The lowest BCUT2D eigenvalue weighted by atomic mass is 9.63. The van der Waals surface area contributed by atoms with Crippen molar-refractivity contribution in [3.8, 4) is 0 Å². The molecule has 1 saturated carbocycles. The maximum Gasteiger partial charge on any atom is 0.240 e. The van der Waals surface area contributed by atoms with Gasteiger partial charge in [-0.3, -0.25) is 0 Å². The zero-order chi connectivity index (χ0) is 19.9. The molecule has 2 N–H and O–H groups in total. The average molecular weight is 461 g/mol. The highest BCUT2D eigenvalue weighted by atomic mass is 79.9. The second-order valence-electron chi connectivity index (χ2n) is 7.81. The quantitative estimate of drug-likeness (QED) is 0.623. The summed E-state index contributed by atoms with van der Waals surface area (Å²) in [6.07, 6.45) is 3.85. The molecule has 2 atom stereocenters. The van der Waals surface area contributed by atoms with E-state index in [1.165, 1.54) is 11.1 Å². The van der Waals surface area contributed by atoms with Crippen LogP contribution in [-0.2, 0) is 15.4 Å². The second kappa shape index (κ2) is 7.32. The third kappa shape index (κ3) is 3.31. The van der Waals surface area contributed by atoms with Crippen LogP contribution >= 0.6 is 15.9 Å². The highest BCUT2D eigenvalue weighted by molar-refractivity contribution is 9.10. The standard InChI is InChI=1S/C22H25BrN2O2S/c1-15-6-9-18(10-7-15)28(26,27)24-13-12-22-16(2)4-3-5-21(22)25-20-11-8-17(23)14-19(20)22/h6-11,14,21,24-25H,2-5,12-13H2,1H3/t21-,22-/m0/s1. The second-order valence-corrected chi connectivity index (χ2v) is 10.5. The fraction of sp³-hybridized carbons (Fsp3) is 0.364. The molecule has 1 fully saturated rings. The number of nitrogens with one attached hydrogen (secondary N) is 2. The van der Waals surface area contributed by atoms with Gasteiger partial charge in [-0.05, 0) is 68.5 Å². The first kappa shape index (κ1) is 19.7. The smallest absolute Gasteiger partial charge is 0.240 e. The van der Waals surface area contributed by atoms with E-state index in [9.17, 15) is 8.42 Å². The summed E-state index contributed by atoms with van der Waals surface area (Å²) in [6.45, 7) is 6.73. The Morgan fingerprint density at radius 1 is 1.25 bits per heavy atom. The van der Waals surface area contributed by atoms with E-state index < -0.39 is 10.0 Å². The lowest BCUT2D eigenvalue weighted by Gasteiger charge is -2.42. The Hall–Kier alpha value is -1.63. The Labute approximate surface area is 175 Å². The molecule has 1 aliphatic heterocycles. The van der Waals surface area contributed by atoms with Crippen molar-refractivity contribution in [3.63, 3.8) is 0 Å². The van der Waals surface area contributed by atoms with Crippen molar-refractivity contribution in [2.45, 2.75) is 49.0 Å². The lowest BCUT2D eigenvalue weighted by Crippen LogP contribution is -2.45. The molecular weight excluding hydrogens is 436 g/mol. The Bertz CT molecular complexity index is 1020. The van der Waals surface area contributed by atoms with Crippen molar-refractivity contribution in [2.75, 3.05) is 11.9 Å². The van der Waals surface area contributed by atoms with Gasteiger partial charge in [0.1, 0.15) is 0 Å². The van der Waals surface area contributed by atoms with Crippen molar-refractivity contribution < 1.29 is 8.42 Å². The average Bonchev–Trinajstić information content (AvgIpc) is 2.97. The number of hydrogen-bond donors (Lipinski definition) is 2. The van der Waals surface area contributed by atoms with Crippen LogP contribution in [0, 0.1) is 6.92 Å². The van der Waals surface area contributed by atoms with E-state index in [4.69, 9.17) is 0 Å². The van der Waals surface area contributed by atoms with Crippen molar-refractivity contribution in [1.82, 2.24) is 4.72 Å².